The Morgan fingerprint density at radius 1 is 1.05 bits per heavy atom. The van der Waals surface area contributed by atoms with Crippen LogP contribution in [-0.2, 0) is 5.41 Å². The van der Waals surface area contributed by atoms with Gasteiger partial charge in [0.05, 0.1) is 11.1 Å². The molecule has 0 unspecified atom stereocenters. The third-order valence-electron chi connectivity index (χ3n) is 4.55. The first-order chi connectivity index (χ1) is 9.06. The molecule has 1 aromatic carbocycles. The lowest BCUT2D eigenvalue weighted by atomic mass is 9.88. The third kappa shape index (κ3) is 1.74. The van der Waals surface area contributed by atoms with Crippen molar-refractivity contribution in [3.05, 3.63) is 58.4 Å². The normalized spacial score (nSPS) is 16.4. The molecule has 0 atom stereocenters. The fourth-order valence-electron chi connectivity index (χ4n) is 2.84. The first-order valence-corrected chi connectivity index (χ1v) is 6.82. The van der Waals surface area contributed by atoms with Gasteiger partial charge in [-0.3, -0.25) is 4.79 Å². The minimum absolute atomic E-state index is 0.257. The molecule has 1 aliphatic rings. The SMILES string of the molecule is Cc1[nH]c(C(=O)C2(c3ccccc3)CC2)c(C)c1C. The van der Waals surface area contributed by atoms with Gasteiger partial charge in [-0.2, -0.15) is 0 Å². The van der Waals surface area contributed by atoms with Gasteiger partial charge < -0.3 is 4.98 Å². The molecule has 1 N–H and O–H groups in total. The smallest absolute Gasteiger partial charge is 0.189 e. The summed E-state index contributed by atoms with van der Waals surface area (Å²) in [6.45, 7) is 6.13. The molecule has 0 aliphatic heterocycles. The summed E-state index contributed by atoms with van der Waals surface area (Å²) in [7, 11) is 0. The first-order valence-electron chi connectivity index (χ1n) is 6.82. The van der Waals surface area contributed by atoms with Gasteiger partial charge in [-0.25, -0.2) is 0 Å². The van der Waals surface area contributed by atoms with Crippen LogP contribution < -0.4 is 0 Å². The van der Waals surface area contributed by atoms with Crippen LogP contribution in [0.2, 0.25) is 0 Å². The van der Waals surface area contributed by atoms with Crippen LogP contribution in [0.1, 0.15) is 45.7 Å². The summed E-state index contributed by atoms with van der Waals surface area (Å²) in [4.78, 5) is 16.2. The van der Waals surface area contributed by atoms with Crippen LogP contribution in [0.25, 0.3) is 0 Å². The zero-order chi connectivity index (χ0) is 13.6. The quantitative estimate of drug-likeness (QED) is 0.828. The van der Waals surface area contributed by atoms with Gasteiger partial charge in [-0.1, -0.05) is 30.3 Å². The Kier molecular flexibility index (Phi) is 2.63. The summed E-state index contributed by atoms with van der Waals surface area (Å²) >= 11 is 0. The predicted octanol–water partition coefficient (Wildman–Crippen LogP) is 3.85. The third-order valence-corrected chi connectivity index (χ3v) is 4.55. The Balaban J connectivity index is 2.03. The van der Waals surface area contributed by atoms with Gasteiger partial charge in [0.15, 0.2) is 5.78 Å². The van der Waals surface area contributed by atoms with Crippen molar-refractivity contribution in [3.8, 4) is 0 Å². The van der Waals surface area contributed by atoms with Crippen molar-refractivity contribution < 1.29 is 4.79 Å². The van der Waals surface area contributed by atoms with Crippen molar-refractivity contribution in [1.82, 2.24) is 4.98 Å². The molecule has 2 aromatic rings. The number of carbonyl (C=O) groups is 1. The molecule has 0 radical (unpaired) electrons. The zero-order valence-corrected chi connectivity index (χ0v) is 11.7. The van der Waals surface area contributed by atoms with Gasteiger partial charge in [0.2, 0.25) is 0 Å². The topological polar surface area (TPSA) is 32.9 Å². The standard InChI is InChI=1S/C17H19NO/c1-11-12(2)15(18-13(11)3)16(19)17(9-10-17)14-7-5-4-6-8-14/h4-8,18H,9-10H2,1-3H3. The molecule has 0 bridgehead atoms. The molecule has 1 saturated carbocycles. The van der Waals surface area contributed by atoms with Gasteiger partial charge in [-0.15, -0.1) is 0 Å². The number of aromatic nitrogens is 1. The number of hydrogen-bond acceptors (Lipinski definition) is 1. The summed E-state index contributed by atoms with van der Waals surface area (Å²) in [5.74, 6) is 0.257. The number of H-pyrrole nitrogens is 1. The summed E-state index contributed by atoms with van der Waals surface area (Å²) in [6, 6.07) is 10.2. The second-order valence-corrected chi connectivity index (χ2v) is 5.65. The lowest BCUT2D eigenvalue weighted by molar-refractivity contribution is 0.0941. The van der Waals surface area contributed by atoms with Crippen LogP contribution in [0.5, 0.6) is 0 Å². The van der Waals surface area contributed by atoms with Crippen molar-refractivity contribution in [3.63, 3.8) is 0 Å². The van der Waals surface area contributed by atoms with Gasteiger partial charge in [-0.05, 0) is 50.3 Å². The molecule has 0 saturated heterocycles. The molecular weight excluding hydrogens is 234 g/mol. The zero-order valence-electron chi connectivity index (χ0n) is 11.7. The fourth-order valence-corrected chi connectivity index (χ4v) is 2.84. The lowest BCUT2D eigenvalue weighted by Gasteiger charge is -2.14. The van der Waals surface area contributed by atoms with Gasteiger partial charge in [0.25, 0.3) is 0 Å². The maximum absolute atomic E-state index is 12.9. The van der Waals surface area contributed by atoms with Gasteiger partial charge in [0, 0.05) is 5.69 Å². The van der Waals surface area contributed by atoms with Gasteiger partial charge >= 0.3 is 0 Å². The summed E-state index contributed by atoms with van der Waals surface area (Å²) in [5.41, 5.74) is 5.10. The largest absolute Gasteiger partial charge is 0.356 e. The van der Waals surface area contributed by atoms with Crippen LogP contribution >= 0.6 is 0 Å². The Bertz CT molecular complexity index is 633. The number of aryl methyl sites for hydroxylation is 1. The molecule has 1 aliphatic carbocycles. The Labute approximate surface area is 113 Å². The molecule has 2 nitrogen and oxygen atoms in total. The molecular formula is C17H19NO. The molecule has 2 heteroatoms. The maximum Gasteiger partial charge on any atom is 0.189 e. The second kappa shape index (κ2) is 4.09. The second-order valence-electron chi connectivity index (χ2n) is 5.65. The number of rotatable bonds is 3. The summed E-state index contributed by atoms with van der Waals surface area (Å²) in [6.07, 6.45) is 1.93. The molecule has 1 aromatic heterocycles. The van der Waals surface area contributed by atoms with Crippen molar-refractivity contribution in [2.24, 2.45) is 0 Å². The predicted molar refractivity (Wildman–Crippen MR) is 76.7 cm³/mol. The minimum atomic E-state index is -0.268. The molecule has 1 heterocycles. The van der Waals surface area contributed by atoms with Crippen molar-refractivity contribution in [2.75, 3.05) is 0 Å². The highest BCUT2D eigenvalue weighted by Crippen LogP contribution is 2.50. The summed E-state index contributed by atoms with van der Waals surface area (Å²) < 4.78 is 0. The van der Waals surface area contributed by atoms with E-state index in [1.165, 1.54) is 5.56 Å². The number of ketones is 1. The molecule has 0 spiro atoms. The van der Waals surface area contributed by atoms with E-state index in [-0.39, 0.29) is 11.2 Å². The average Bonchev–Trinajstić information content (AvgIpc) is 3.20. The van der Waals surface area contributed by atoms with E-state index in [1.54, 1.807) is 0 Å². The van der Waals surface area contributed by atoms with Crippen LogP contribution in [0, 0.1) is 20.8 Å². The van der Waals surface area contributed by atoms with E-state index >= 15 is 0 Å². The van der Waals surface area contributed by atoms with Gasteiger partial charge in [0.1, 0.15) is 0 Å². The Morgan fingerprint density at radius 2 is 1.68 bits per heavy atom. The molecule has 1 fully saturated rings. The highest BCUT2D eigenvalue weighted by molar-refractivity contribution is 6.06. The number of nitrogens with one attached hydrogen (secondary N) is 1. The number of aromatic amines is 1. The van der Waals surface area contributed by atoms with E-state index in [1.807, 2.05) is 32.0 Å². The van der Waals surface area contributed by atoms with E-state index in [2.05, 4.69) is 24.0 Å². The molecule has 19 heavy (non-hydrogen) atoms. The molecule has 3 rings (SSSR count). The van der Waals surface area contributed by atoms with E-state index in [0.717, 1.165) is 35.4 Å². The number of carbonyl (C=O) groups excluding carboxylic acids is 1. The monoisotopic (exact) mass is 253 g/mol. The number of benzene rings is 1. The van der Waals surface area contributed by atoms with Crippen molar-refractivity contribution in [2.45, 2.75) is 39.0 Å². The van der Waals surface area contributed by atoms with Crippen LogP contribution in [0.3, 0.4) is 0 Å². The van der Waals surface area contributed by atoms with Crippen LogP contribution in [-0.4, -0.2) is 10.8 Å². The minimum Gasteiger partial charge on any atom is -0.356 e. The Morgan fingerprint density at radius 3 is 2.16 bits per heavy atom. The van der Waals surface area contributed by atoms with Crippen molar-refractivity contribution in [1.29, 1.82) is 0 Å². The molecule has 0 amide bonds. The van der Waals surface area contributed by atoms with E-state index < -0.39 is 0 Å². The highest BCUT2D eigenvalue weighted by Gasteiger charge is 2.51. The van der Waals surface area contributed by atoms with Crippen molar-refractivity contribution >= 4 is 5.78 Å². The highest BCUT2D eigenvalue weighted by atomic mass is 16.1. The number of Topliss-reactive ketones (excluding diaryl/α,β-unsaturated/α-hetero) is 1. The average molecular weight is 253 g/mol. The lowest BCUT2D eigenvalue weighted by Crippen LogP contribution is -2.21. The maximum atomic E-state index is 12.9. The first kappa shape index (κ1) is 12.2. The fraction of sp³-hybridized carbons (Fsp3) is 0.353. The Hall–Kier alpha value is -1.83. The molecule has 98 valence electrons. The summed E-state index contributed by atoms with van der Waals surface area (Å²) in [5, 5.41) is 0. The van der Waals surface area contributed by atoms with E-state index in [0.29, 0.717) is 0 Å². The number of hydrogen-bond donors (Lipinski definition) is 1. The van der Waals surface area contributed by atoms with Crippen LogP contribution in [0.4, 0.5) is 0 Å². The van der Waals surface area contributed by atoms with Crippen LogP contribution in [0.15, 0.2) is 30.3 Å². The van der Waals surface area contributed by atoms with E-state index in [9.17, 15) is 4.79 Å². The van der Waals surface area contributed by atoms with E-state index in [4.69, 9.17) is 0 Å².